The Morgan fingerprint density at radius 2 is 1.73 bits per heavy atom. The summed E-state index contributed by atoms with van der Waals surface area (Å²) in [5, 5.41) is 0. The van der Waals surface area contributed by atoms with Crippen molar-refractivity contribution in [1.82, 2.24) is 9.62 Å². The second-order valence-electron chi connectivity index (χ2n) is 9.70. The molecule has 0 radical (unpaired) electrons. The highest BCUT2D eigenvalue weighted by Gasteiger charge is 2.28. The largest absolute Gasteiger partial charge is 0.496 e. The summed E-state index contributed by atoms with van der Waals surface area (Å²) in [6, 6.07) is 11.3. The van der Waals surface area contributed by atoms with E-state index in [2.05, 4.69) is 11.6 Å². The molecule has 0 bridgehead atoms. The van der Waals surface area contributed by atoms with E-state index in [0.717, 1.165) is 42.5 Å². The van der Waals surface area contributed by atoms with Gasteiger partial charge in [0.1, 0.15) is 5.75 Å². The Morgan fingerprint density at radius 1 is 0.925 bits per heavy atom. The highest BCUT2D eigenvalue weighted by molar-refractivity contribution is 7.89. The summed E-state index contributed by atoms with van der Waals surface area (Å²) >= 11 is 0. The van der Waals surface area contributed by atoms with Crippen molar-refractivity contribution >= 4 is 21.7 Å². The number of nitrogens with one attached hydrogen (secondary N) is 1. The molecule has 2 amide bonds. The van der Waals surface area contributed by atoms with Gasteiger partial charge in [0.15, 0.2) is 11.5 Å². The second kappa shape index (κ2) is 15.7. The molecule has 0 unspecified atom stereocenters. The third-order valence-corrected chi connectivity index (χ3v) is 8.13. The molecule has 1 heterocycles. The molecule has 222 valence electrons. The highest BCUT2D eigenvalue weighted by atomic mass is 32.2. The van der Waals surface area contributed by atoms with Gasteiger partial charge >= 0.3 is 6.03 Å². The van der Waals surface area contributed by atoms with Crippen LogP contribution in [0.4, 0.5) is 10.5 Å². The van der Waals surface area contributed by atoms with Gasteiger partial charge < -0.3 is 23.8 Å². The van der Waals surface area contributed by atoms with Crippen LogP contribution in [-0.2, 0) is 27.7 Å². The summed E-state index contributed by atoms with van der Waals surface area (Å²) in [5.74, 6) is 1.88. The van der Waals surface area contributed by atoms with Crippen molar-refractivity contribution in [3.05, 3.63) is 47.5 Å². The molecule has 0 aliphatic carbocycles. The number of urea groups is 1. The molecule has 2 aromatic rings. The molecule has 1 fully saturated rings. The Balaban J connectivity index is 1.66. The fourth-order valence-electron chi connectivity index (χ4n) is 4.54. The Bertz CT molecular complexity index is 1210. The molecule has 1 aliphatic rings. The van der Waals surface area contributed by atoms with Crippen LogP contribution in [-0.4, -0.2) is 79.3 Å². The van der Waals surface area contributed by atoms with Crippen LogP contribution in [0, 0.1) is 0 Å². The van der Waals surface area contributed by atoms with Crippen LogP contribution in [0.5, 0.6) is 17.2 Å². The molecular weight excluding hydrogens is 534 g/mol. The lowest BCUT2D eigenvalue weighted by molar-refractivity contribution is 0.191. The third kappa shape index (κ3) is 9.00. The van der Waals surface area contributed by atoms with Gasteiger partial charge in [0, 0.05) is 44.1 Å². The average molecular weight is 578 g/mol. The van der Waals surface area contributed by atoms with Gasteiger partial charge in [-0.15, -0.1) is 0 Å². The number of nitrogens with zero attached hydrogens (tertiary/aromatic N) is 2. The fourth-order valence-corrected chi connectivity index (χ4v) is 5.49. The molecule has 3 rings (SSSR count). The molecule has 0 saturated carbocycles. The Kier molecular flexibility index (Phi) is 12.4. The molecule has 11 heteroatoms. The predicted octanol–water partition coefficient (Wildman–Crippen LogP) is 4.21. The van der Waals surface area contributed by atoms with E-state index in [-0.39, 0.29) is 24.9 Å². The van der Waals surface area contributed by atoms with Crippen molar-refractivity contribution in [3.63, 3.8) is 0 Å². The number of sulfonamides is 1. The maximum absolute atomic E-state index is 13.5. The first-order valence-electron chi connectivity index (χ1n) is 13.8. The van der Waals surface area contributed by atoms with Crippen LogP contribution < -0.4 is 23.8 Å². The number of carbonyl (C=O) groups is 1. The molecule has 2 aromatic carbocycles. The minimum atomic E-state index is -3.38. The van der Waals surface area contributed by atoms with E-state index in [1.807, 2.05) is 41.3 Å². The van der Waals surface area contributed by atoms with Gasteiger partial charge in [0.25, 0.3) is 0 Å². The number of amides is 2. The Labute approximate surface area is 238 Å². The van der Waals surface area contributed by atoms with Gasteiger partial charge in [-0.25, -0.2) is 17.9 Å². The predicted molar refractivity (Wildman–Crippen MR) is 156 cm³/mol. The molecule has 10 nitrogen and oxygen atoms in total. The van der Waals surface area contributed by atoms with E-state index >= 15 is 0 Å². The van der Waals surface area contributed by atoms with Crippen molar-refractivity contribution < 1.29 is 32.2 Å². The monoisotopic (exact) mass is 577 g/mol. The lowest BCUT2D eigenvalue weighted by Gasteiger charge is -2.36. The minimum Gasteiger partial charge on any atom is -0.496 e. The van der Waals surface area contributed by atoms with Gasteiger partial charge in [0.2, 0.25) is 10.0 Å². The topological polar surface area (TPSA) is 107 Å². The van der Waals surface area contributed by atoms with Crippen LogP contribution >= 0.6 is 0 Å². The Hall–Kier alpha value is -3.02. The van der Waals surface area contributed by atoms with Gasteiger partial charge in [-0.05, 0) is 43.0 Å². The number of carbonyl (C=O) groups excluding carboxylic acids is 1. The van der Waals surface area contributed by atoms with Gasteiger partial charge in [-0.3, -0.25) is 4.90 Å². The number of rotatable bonds is 17. The maximum atomic E-state index is 13.5. The van der Waals surface area contributed by atoms with Crippen LogP contribution in [0.15, 0.2) is 36.4 Å². The number of hydrogen-bond donors (Lipinski definition) is 1. The normalized spacial score (nSPS) is 13.9. The van der Waals surface area contributed by atoms with Crippen molar-refractivity contribution in [2.45, 2.75) is 45.6 Å². The molecule has 0 spiro atoms. The van der Waals surface area contributed by atoms with E-state index in [9.17, 15) is 13.2 Å². The highest BCUT2D eigenvalue weighted by Crippen LogP contribution is 2.34. The zero-order chi connectivity index (χ0) is 29.0. The summed E-state index contributed by atoms with van der Waals surface area (Å²) in [6.07, 6.45) is 4.52. The third-order valence-electron chi connectivity index (χ3n) is 6.78. The van der Waals surface area contributed by atoms with Crippen molar-refractivity contribution in [1.29, 1.82) is 0 Å². The zero-order valence-corrected chi connectivity index (χ0v) is 24.9. The fraction of sp³-hybridized carbons (Fsp3) is 0.552. The second-order valence-corrected chi connectivity index (χ2v) is 11.6. The van der Waals surface area contributed by atoms with Crippen molar-refractivity contribution in [2.75, 3.05) is 64.8 Å². The lowest BCUT2D eigenvalue weighted by atomic mass is 10.1. The number of methoxy groups -OCH3 is 3. The van der Waals surface area contributed by atoms with E-state index < -0.39 is 10.0 Å². The van der Waals surface area contributed by atoms with Gasteiger partial charge in [0.05, 0.1) is 39.7 Å². The smallest absolute Gasteiger partial charge is 0.324 e. The zero-order valence-electron chi connectivity index (χ0n) is 24.1. The molecule has 1 N–H and O–H groups in total. The quantitative estimate of drug-likeness (QED) is 0.281. The number of ether oxygens (including phenoxy) is 4. The SMILES string of the molecule is CCCCCOc1cc(N2CCCN(Cc3ccc(CCNS(=O)(=O)CCOC)cc3OC)C2=O)ccc1OC. The number of unbranched alkanes of at least 4 members (excludes halogenated alkanes) is 2. The first kappa shape index (κ1) is 31.5. The van der Waals surface area contributed by atoms with Crippen LogP contribution in [0.3, 0.4) is 0 Å². The molecule has 40 heavy (non-hydrogen) atoms. The summed E-state index contributed by atoms with van der Waals surface area (Å²) in [7, 11) is 1.31. The number of benzene rings is 2. The first-order valence-corrected chi connectivity index (χ1v) is 15.5. The standard InChI is InChI=1S/C29H43N3O7S/c1-5-6-7-17-39-28-21-25(11-12-26(28)37-3)32-16-8-15-31(29(32)33)22-24-10-9-23(20-27(24)38-4)13-14-30-40(34,35)19-18-36-2/h9-12,20-21,30H,5-8,13-19,22H2,1-4H3. The number of anilines is 1. The molecule has 1 saturated heterocycles. The Morgan fingerprint density at radius 3 is 2.45 bits per heavy atom. The molecule has 0 aromatic heterocycles. The molecule has 1 aliphatic heterocycles. The van der Waals surface area contributed by atoms with Crippen LogP contribution in [0.2, 0.25) is 0 Å². The van der Waals surface area contributed by atoms with E-state index in [4.69, 9.17) is 18.9 Å². The van der Waals surface area contributed by atoms with Crippen molar-refractivity contribution in [3.8, 4) is 17.2 Å². The lowest BCUT2D eigenvalue weighted by Crippen LogP contribution is -2.49. The summed E-state index contributed by atoms with van der Waals surface area (Å²) in [6.45, 7) is 4.84. The van der Waals surface area contributed by atoms with E-state index in [1.54, 1.807) is 19.1 Å². The summed E-state index contributed by atoms with van der Waals surface area (Å²) < 4.78 is 48.5. The summed E-state index contributed by atoms with van der Waals surface area (Å²) in [4.78, 5) is 17.1. The van der Waals surface area contributed by atoms with Crippen LogP contribution in [0.1, 0.15) is 43.7 Å². The average Bonchev–Trinajstić information content (AvgIpc) is 2.95. The first-order chi connectivity index (χ1) is 19.3. The van der Waals surface area contributed by atoms with E-state index in [1.165, 1.54) is 7.11 Å². The van der Waals surface area contributed by atoms with Gasteiger partial charge in [-0.2, -0.15) is 0 Å². The van der Waals surface area contributed by atoms with E-state index in [0.29, 0.717) is 49.9 Å². The molecular formula is C29H43N3O7S. The van der Waals surface area contributed by atoms with Gasteiger partial charge in [-0.1, -0.05) is 31.9 Å². The number of hydrogen-bond acceptors (Lipinski definition) is 7. The molecule has 0 atom stereocenters. The maximum Gasteiger partial charge on any atom is 0.324 e. The minimum absolute atomic E-state index is 0.0730. The van der Waals surface area contributed by atoms with Crippen LogP contribution in [0.25, 0.3) is 0 Å². The van der Waals surface area contributed by atoms with Crippen molar-refractivity contribution in [2.24, 2.45) is 0 Å². The summed E-state index contributed by atoms with van der Waals surface area (Å²) in [5.41, 5.74) is 2.60.